The fourth-order valence-electron chi connectivity index (χ4n) is 0.708. The first-order valence-corrected chi connectivity index (χ1v) is 4.17. The molecule has 0 fully saturated rings. The molecule has 0 heterocycles. The highest BCUT2D eigenvalue weighted by molar-refractivity contribution is 5.69. The number of nitrogens with zero attached hydrogens (tertiary/aromatic N) is 1. The second-order valence-corrected chi connectivity index (χ2v) is 3.52. The van der Waals surface area contributed by atoms with E-state index in [2.05, 4.69) is 9.57 Å². The second-order valence-electron chi connectivity index (χ2n) is 3.52. The molecule has 82 valence electrons. The third kappa shape index (κ3) is 3.97. The normalized spacial score (nSPS) is 10.6. The molecular weight excluding hydrogens is 190 g/mol. The van der Waals surface area contributed by atoms with Crippen molar-refractivity contribution in [2.24, 2.45) is 0 Å². The minimum atomic E-state index is -1.55. The lowest BCUT2D eigenvalue weighted by Gasteiger charge is -2.30. The van der Waals surface area contributed by atoms with Gasteiger partial charge in [0.05, 0.1) is 12.1 Å². The van der Waals surface area contributed by atoms with E-state index in [9.17, 15) is 9.59 Å². The van der Waals surface area contributed by atoms with Crippen LogP contribution in [0.2, 0.25) is 0 Å². The van der Waals surface area contributed by atoms with Gasteiger partial charge in [0.15, 0.2) is 0 Å². The van der Waals surface area contributed by atoms with Crippen molar-refractivity contribution in [1.29, 1.82) is 0 Å². The average Bonchev–Trinajstić information content (AvgIpc) is 1.98. The van der Waals surface area contributed by atoms with Crippen LogP contribution >= 0.6 is 0 Å². The summed E-state index contributed by atoms with van der Waals surface area (Å²) in [6.45, 7) is 6.68. The van der Waals surface area contributed by atoms with Gasteiger partial charge in [-0.2, -0.15) is 0 Å². The Kier molecular flexibility index (Phi) is 4.20. The number of rotatable bonds is 1. The Hall–Kier alpha value is -1.46. The molecule has 6 heteroatoms. The molecule has 0 saturated heterocycles. The van der Waals surface area contributed by atoms with E-state index in [1.807, 2.05) is 0 Å². The Morgan fingerprint density at radius 2 is 1.86 bits per heavy atom. The zero-order valence-electron chi connectivity index (χ0n) is 8.73. The van der Waals surface area contributed by atoms with Crippen LogP contribution in [-0.2, 0) is 9.57 Å². The van der Waals surface area contributed by atoms with Crippen molar-refractivity contribution in [3.8, 4) is 0 Å². The molecule has 1 amide bonds. The van der Waals surface area contributed by atoms with Crippen LogP contribution in [0.25, 0.3) is 0 Å². The molecule has 0 aliphatic carbocycles. The third-order valence-corrected chi connectivity index (χ3v) is 1.21. The van der Waals surface area contributed by atoms with Crippen molar-refractivity contribution >= 4 is 12.2 Å². The average molecular weight is 205 g/mol. The molecule has 0 aliphatic rings. The minimum absolute atomic E-state index is 0.161. The fourth-order valence-corrected chi connectivity index (χ4v) is 0.708. The molecule has 0 aliphatic heterocycles. The Balaban J connectivity index is 4.55. The van der Waals surface area contributed by atoms with Gasteiger partial charge >= 0.3 is 12.2 Å². The molecule has 0 radical (unpaired) electrons. The number of carbonyl (C=O) groups is 2. The van der Waals surface area contributed by atoms with Gasteiger partial charge in [-0.05, 0) is 27.7 Å². The van der Waals surface area contributed by atoms with Gasteiger partial charge in [-0.1, -0.05) is 0 Å². The predicted octanol–water partition coefficient (Wildman–Crippen LogP) is 1.85. The highest BCUT2D eigenvalue weighted by Gasteiger charge is 2.31. The molecule has 0 aromatic heterocycles. The summed E-state index contributed by atoms with van der Waals surface area (Å²) in [6.07, 6.45) is -2.37. The van der Waals surface area contributed by atoms with Crippen molar-refractivity contribution in [2.45, 2.75) is 33.2 Å². The lowest BCUT2D eigenvalue weighted by Crippen LogP contribution is -2.46. The Labute approximate surface area is 82.4 Å². The summed E-state index contributed by atoms with van der Waals surface area (Å²) >= 11 is 0. The number of carboxylic acid groups (broad SMARTS) is 1. The Morgan fingerprint density at radius 3 is 2.14 bits per heavy atom. The van der Waals surface area contributed by atoms with Gasteiger partial charge < -0.3 is 9.84 Å². The molecule has 6 nitrogen and oxygen atoms in total. The van der Waals surface area contributed by atoms with Crippen LogP contribution in [-0.4, -0.2) is 34.6 Å². The first-order chi connectivity index (χ1) is 6.29. The molecule has 0 aromatic rings. The smallest absolute Gasteiger partial charge is 0.448 e. The third-order valence-electron chi connectivity index (χ3n) is 1.21. The van der Waals surface area contributed by atoms with Crippen LogP contribution in [0.3, 0.4) is 0 Å². The van der Waals surface area contributed by atoms with Crippen LogP contribution in [0.15, 0.2) is 0 Å². The number of hydrogen-bond donors (Lipinski definition) is 1. The molecule has 0 saturated carbocycles. The van der Waals surface area contributed by atoms with E-state index in [0.717, 1.165) is 0 Å². The number of carbonyl (C=O) groups excluding carboxylic acids is 1. The van der Waals surface area contributed by atoms with E-state index in [0.29, 0.717) is 5.06 Å². The molecule has 0 atom stereocenters. The number of amides is 1. The molecule has 0 spiro atoms. The van der Waals surface area contributed by atoms with Crippen molar-refractivity contribution in [3.63, 3.8) is 0 Å². The summed E-state index contributed by atoms with van der Waals surface area (Å²) in [5.74, 6) is 0. The molecular formula is C8H15NO5. The molecule has 14 heavy (non-hydrogen) atoms. The summed E-state index contributed by atoms with van der Waals surface area (Å²) in [4.78, 5) is 25.8. The first-order valence-electron chi connectivity index (χ1n) is 4.17. The lowest BCUT2D eigenvalue weighted by atomic mass is 10.1. The maximum Gasteiger partial charge on any atom is 0.531 e. The van der Waals surface area contributed by atoms with E-state index >= 15 is 0 Å². The van der Waals surface area contributed by atoms with Gasteiger partial charge in [-0.25, -0.2) is 9.59 Å². The van der Waals surface area contributed by atoms with Gasteiger partial charge in [0, 0.05) is 0 Å². The largest absolute Gasteiger partial charge is 0.531 e. The van der Waals surface area contributed by atoms with E-state index in [4.69, 9.17) is 5.11 Å². The maximum absolute atomic E-state index is 11.2. The van der Waals surface area contributed by atoms with Crippen LogP contribution in [0.4, 0.5) is 9.59 Å². The Bertz CT molecular complexity index is 220. The SMILES string of the molecule is CCOC(=O)N(OC(=O)O)C(C)(C)C. The van der Waals surface area contributed by atoms with Crippen molar-refractivity contribution in [2.75, 3.05) is 6.61 Å². The number of ether oxygens (including phenoxy) is 1. The lowest BCUT2D eigenvalue weighted by molar-refractivity contribution is -0.148. The fraction of sp³-hybridized carbons (Fsp3) is 0.750. The number of hydroxylamine groups is 2. The molecule has 0 bridgehead atoms. The summed E-state index contributed by atoms with van der Waals surface area (Å²) in [5, 5.41) is 9.07. The molecule has 1 N–H and O–H groups in total. The van der Waals surface area contributed by atoms with Crippen LogP contribution in [0, 0.1) is 0 Å². The van der Waals surface area contributed by atoms with Gasteiger partial charge in [0.1, 0.15) is 0 Å². The highest BCUT2D eigenvalue weighted by Crippen LogP contribution is 2.15. The monoisotopic (exact) mass is 205 g/mol. The van der Waals surface area contributed by atoms with E-state index < -0.39 is 17.8 Å². The van der Waals surface area contributed by atoms with Crippen LogP contribution in [0.5, 0.6) is 0 Å². The summed E-state index contributed by atoms with van der Waals surface area (Å²) < 4.78 is 4.63. The minimum Gasteiger partial charge on any atom is -0.448 e. The topological polar surface area (TPSA) is 76.1 Å². The summed E-state index contributed by atoms with van der Waals surface area (Å²) in [6, 6.07) is 0. The summed E-state index contributed by atoms with van der Waals surface area (Å²) in [7, 11) is 0. The van der Waals surface area contributed by atoms with Gasteiger partial charge in [0.2, 0.25) is 0 Å². The van der Waals surface area contributed by atoms with Crippen molar-refractivity contribution in [3.05, 3.63) is 0 Å². The van der Waals surface area contributed by atoms with Gasteiger partial charge in [-0.15, -0.1) is 5.06 Å². The molecule has 0 unspecified atom stereocenters. The second kappa shape index (κ2) is 4.69. The first kappa shape index (κ1) is 12.5. The standard InChI is InChI=1S/C8H15NO5/c1-5-13-6(10)9(8(2,3)4)14-7(11)12/h5H2,1-4H3,(H,11,12). The van der Waals surface area contributed by atoms with Gasteiger partial charge in [0.25, 0.3) is 0 Å². The predicted molar refractivity (Wildman–Crippen MR) is 47.7 cm³/mol. The van der Waals surface area contributed by atoms with Crippen molar-refractivity contribution < 1.29 is 24.3 Å². The maximum atomic E-state index is 11.2. The quantitative estimate of drug-likeness (QED) is 0.661. The Morgan fingerprint density at radius 1 is 1.36 bits per heavy atom. The van der Waals surface area contributed by atoms with E-state index in [1.165, 1.54) is 0 Å². The van der Waals surface area contributed by atoms with Crippen LogP contribution < -0.4 is 0 Å². The van der Waals surface area contributed by atoms with Gasteiger partial charge in [-0.3, -0.25) is 4.84 Å². The van der Waals surface area contributed by atoms with E-state index in [-0.39, 0.29) is 6.61 Å². The van der Waals surface area contributed by atoms with Crippen LogP contribution in [0.1, 0.15) is 27.7 Å². The highest BCUT2D eigenvalue weighted by atomic mass is 16.8. The zero-order valence-corrected chi connectivity index (χ0v) is 8.73. The molecule has 0 aromatic carbocycles. The van der Waals surface area contributed by atoms with Crippen molar-refractivity contribution in [1.82, 2.24) is 5.06 Å². The van der Waals surface area contributed by atoms with E-state index in [1.54, 1.807) is 27.7 Å². The summed E-state index contributed by atoms with van der Waals surface area (Å²) in [5.41, 5.74) is -0.773. The zero-order chi connectivity index (χ0) is 11.4. The molecule has 0 rings (SSSR count). The number of hydrogen-bond acceptors (Lipinski definition) is 4.